The van der Waals surface area contributed by atoms with Crippen LogP contribution in [-0.4, -0.2) is 38.7 Å². The topological polar surface area (TPSA) is 64.2 Å². The van der Waals surface area contributed by atoms with Gasteiger partial charge in [0.1, 0.15) is 0 Å². The van der Waals surface area contributed by atoms with Gasteiger partial charge in [0.05, 0.1) is 10.5 Å². The van der Waals surface area contributed by atoms with Crippen molar-refractivity contribution in [3.8, 4) is 0 Å². The molecule has 0 spiro atoms. The average Bonchev–Trinajstić information content (AvgIpc) is 2.84. The summed E-state index contributed by atoms with van der Waals surface area (Å²) < 4.78 is 1.75. The number of nitrogens with two attached hydrogens (primary N) is 1. The van der Waals surface area contributed by atoms with Crippen molar-refractivity contribution in [2.45, 2.75) is 12.8 Å². The van der Waals surface area contributed by atoms with E-state index < -0.39 is 0 Å². The number of rotatable bonds is 2. The van der Waals surface area contributed by atoms with Crippen LogP contribution in [0.25, 0.3) is 10.9 Å². The first-order valence-corrected chi connectivity index (χ1v) is 7.49. The number of benzene rings is 1. The molecule has 1 amide bonds. The van der Waals surface area contributed by atoms with E-state index in [0.29, 0.717) is 23.8 Å². The minimum absolute atomic E-state index is 0.00631. The first-order valence-electron chi connectivity index (χ1n) is 7.08. The third kappa shape index (κ3) is 2.51. The molecule has 1 saturated heterocycles. The van der Waals surface area contributed by atoms with E-state index in [1.807, 2.05) is 36.2 Å². The standard InChI is InChI=1S/C15H18N4OS/c1-18-12-5-3-2-4-11(12)13(17-18)15(20)19-8-6-10(7-9-19)14(16)21/h2-5,10H,6-9H2,1H3,(H2,16,21). The Morgan fingerprint density at radius 1 is 1.33 bits per heavy atom. The maximum absolute atomic E-state index is 12.7. The summed E-state index contributed by atoms with van der Waals surface area (Å²) in [6, 6.07) is 7.79. The van der Waals surface area contributed by atoms with E-state index in [1.165, 1.54) is 0 Å². The molecule has 0 aliphatic carbocycles. The second-order valence-electron chi connectivity index (χ2n) is 5.46. The fourth-order valence-electron chi connectivity index (χ4n) is 2.89. The third-order valence-electron chi connectivity index (χ3n) is 4.14. The van der Waals surface area contributed by atoms with E-state index >= 15 is 0 Å². The number of aromatic nitrogens is 2. The normalized spacial score (nSPS) is 16.3. The van der Waals surface area contributed by atoms with Crippen molar-refractivity contribution in [2.24, 2.45) is 18.7 Å². The molecule has 1 aliphatic heterocycles. The fourth-order valence-corrected chi connectivity index (χ4v) is 3.12. The molecule has 1 fully saturated rings. The Morgan fingerprint density at radius 3 is 2.67 bits per heavy atom. The monoisotopic (exact) mass is 302 g/mol. The van der Waals surface area contributed by atoms with Gasteiger partial charge in [-0.3, -0.25) is 9.48 Å². The highest BCUT2D eigenvalue weighted by Gasteiger charge is 2.27. The van der Waals surface area contributed by atoms with Crippen LogP contribution in [-0.2, 0) is 7.05 Å². The molecule has 0 atom stereocenters. The Hall–Kier alpha value is -1.95. The lowest BCUT2D eigenvalue weighted by molar-refractivity contribution is 0.0705. The van der Waals surface area contributed by atoms with Crippen molar-refractivity contribution in [1.82, 2.24) is 14.7 Å². The molecule has 2 heterocycles. The van der Waals surface area contributed by atoms with Crippen LogP contribution in [0.4, 0.5) is 0 Å². The number of carbonyl (C=O) groups is 1. The number of hydrogen-bond acceptors (Lipinski definition) is 3. The summed E-state index contributed by atoms with van der Waals surface area (Å²) in [6.07, 6.45) is 1.68. The van der Waals surface area contributed by atoms with Gasteiger partial charge in [-0.25, -0.2) is 0 Å². The van der Waals surface area contributed by atoms with Crippen LogP contribution in [0.15, 0.2) is 24.3 Å². The van der Waals surface area contributed by atoms with E-state index in [2.05, 4.69) is 5.10 Å². The van der Waals surface area contributed by atoms with Gasteiger partial charge < -0.3 is 10.6 Å². The molecule has 2 aromatic rings. The first kappa shape index (κ1) is 14.0. The maximum Gasteiger partial charge on any atom is 0.275 e. The zero-order valence-electron chi connectivity index (χ0n) is 12.0. The summed E-state index contributed by atoms with van der Waals surface area (Å²) in [5.41, 5.74) is 7.19. The van der Waals surface area contributed by atoms with Gasteiger partial charge in [0.15, 0.2) is 5.69 Å². The van der Waals surface area contributed by atoms with Gasteiger partial charge in [-0.1, -0.05) is 30.4 Å². The van der Waals surface area contributed by atoms with E-state index in [-0.39, 0.29) is 11.8 Å². The Balaban J connectivity index is 1.84. The van der Waals surface area contributed by atoms with E-state index in [1.54, 1.807) is 4.68 Å². The number of nitrogens with zero attached hydrogens (tertiary/aromatic N) is 3. The zero-order chi connectivity index (χ0) is 15.0. The second-order valence-corrected chi connectivity index (χ2v) is 5.93. The minimum atomic E-state index is -0.00631. The number of para-hydroxylation sites is 1. The van der Waals surface area contributed by atoms with Gasteiger partial charge in [-0.05, 0) is 18.9 Å². The van der Waals surface area contributed by atoms with Gasteiger partial charge in [0, 0.05) is 31.4 Å². The lowest BCUT2D eigenvalue weighted by atomic mass is 9.96. The van der Waals surface area contributed by atoms with Crippen molar-refractivity contribution < 1.29 is 4.79 Å². The Kier molecular flexibility index (Phi) is 3.63. The Labute approximate surface area is 128 Å². The summed E-state index contributed by atoms with van der Waals surface area (Å²) in [6.45, 7) is 1.37. The lowest BCUT2D eigenvalue weighted by Gasteiger charge is -2.31. The van der Waals surface area contributed by atoms with Gasteiger partial charge in [-0.2, -0.15) is 5.10 Å². The van der Waals surface area contributed by atoms with E-state index in [9.17, 15) is 4.79 Å². The van der Waals surface area contributed by atoms with E-state index in [0.717, 1.165) is 23.7 Å². The molecule has 3 rings (SSSR count). The predicted octanol–water partition coefficient (Wildman–Crippen LogP) is 1.71. The predicted molar refractivity (Wildman–Crippen MR) is 86.1 cm³/mol. The zero-order valence-corrected chi connectivity index (χ0v) is 12.8. The molecular formula is C15H18N4OS. The largest absolute Gasteiger partial charge is 0.393 e. The van der Waals surface area contributed by atoms with Crippen molar-refractivity contribution >= 4 is 34.0 Å². The SMILES string of the molecule is Cn1nc(C(=O)N2CCC(C(N)=S)CC2)c2ccccc21. The highest BCUT2D eigenvalue weighted by Crippen LogP contribution is 2.22. The van der Waals surface area contributed by atoms with Gasteiger partial charge in [0.25, 0.3) is 5.91 Å². The molecular weight excluding hydrogens is 284 g/mol. The molecule has 1 aliphatic rings. The molecule has 0 bridgehead atoms. The number of piperidine rings is 1. The highest BCUT2D eigenvalue weighted by atomic mass is 32.1. The van der Waals surface area contributed by atoms with Crippen molar-refractivity contribution in [1.29, 1.82) is 0 Å². The molecule has 1 aromatic carbocycles. The van der Waals surface area contributed by atoms with Crippen molar-refractivity contribution in [2.75, 3.05) is 13.1 Å². The number of thiocarbonyl (C=S) groups is 1. The van der Waals surface area contributed by atoms with Crippen molar-refractivity contribution in [3.63, 3.8) is 0 Å². The van der Waals surface area contributed by atoms with Crippen LogP contribution in [0.3, 0.4) is 0 Å². The molecule has 21 heavy (non-hydrogen) atoms. The third-order valence-corrected chi connectivity index (χ3v) is 4.48. The molecule has 0 radical (unpaired) electrons. The molecule has 2 N–H and O–H groups in total. The number of hydrogen-bond donors (Lipinski definition) is 1. The Bertz CT molecular complexity index is 701. The quantitative estimate of drug-likeness (QED) is 0.858. The minimum Gasteiger partial charge on any atom is -0.393 e. The van der Waals surface area contributed by atoms with Crippen LogP contribution in [0.1, 0.15) is 23.3 Å². The first-order chi connectivity index (χ1) is 10.1. The van der Waals surface area contributed by atoms with Gasteiger partial charge in [-0.15, -0.1) is 0 Å². The number of amides is 1. The number of aryl methyl sites for hydroxylation is 1. The molecule has 0 saturated carbocycles. The van der Waals surface area contributed by atoms with Gasteiger partial charge in [0.2, 0.25) is 0 Å². The summed E-state index contributed by atoms with van der Waals surface area (Å²) in [5.74, 6) is 0.248. The summed E-state index contributed by atoms with van der Waals surface area (Å²) in [4.78, 5) is 15.1. The molecule has 1 aromatic heterocycles. The van der Waals surface area contributed by atoms with Crippen LogP contribution in [0, 0.1) is 5.92 Å². The molecule has 0 unspecified atom stereocenters. The van der Waals surface area contributed by atoms with Gasteiger partial charge >= 0.3 is 0 Å². The number of carbonyl (C=O) groups excluding carboxylic acids is 1. The fraction of sp³-hybridized carbons (Fsp3) is 0.400. The second kappa shape index (κ2) is 5.44. The van der Waals surface area contributed by atoms with Crippen LogP contribution < -0.4 is 5.73 Å². The number of fused-ring (bicyclic) bond motifs is 1. The Morgan fingerprint density at radius 2 is 2.00 bits per heavy atom. The highest BCUT2D eigenvalue weighted by molar-refractivity contribution is 7.80. The molecule has 6 heteroatoms. The summed E-state index contributed by atoms with van der Waals surface area (Å²) in [7, 11) is 1.86. The van der Waals surface area contributed by atoms with Crippen molar-refractivity contribution in [3.05, 3.63) is 30.0 Å². The summed E-state index contributed by atoms with van der Waals surface area (Å²) >= 11 is 5.04. The van der Waals surface area contributed by atoms with E-state index in [4.69, 9.17) is 18.0 Å². The summed E-state index contributed by atoms with van der Waals surface area (Å²) in [5, 5.41) is 5.30. The average molecular weight is 302 g/mol. The molecule has 5 nitrogen and oxygen atoms in total. The lowest BCUT2D eigenvalue weighted by Crippen LogP contribution is -2.41. The smallest absolute Gasteiger partial charge is 0.275 e. The van der Waals surface area contributed by atoms with Crippen LogP contribution >= 0.6 is 12.2 Å². The number of likely N-dealkylation sites (tertiary alicyclic amines) is 1. The van der Waals surface area contributed by atoms with Crippen LogP contribution in [0.5, 0.6) is 0 Å². The molecule has 110 valence electrons. The van der Waals surface area contributed by atoms with Crippen LogP contribution in [0.2, 0.25) is 0 Å². The maximum atomic E-state index is 12.7.